The predicted octanol–water partition coefficient (Wildman–Crippen LogP) is 4.57. The number of rotatable bonds is 0. The Labute approximate surface area is 130 Å². The maximum absolute atomic E-state index is 6.22. The summed E-state index contributed by atoms with van der Waals surface area (Å²) in [6.45, 7) is 4.26. The summed E-state index contributed by atoms with van der Waals surface area (Å²) in [4.78, 5) is 2.40. The van der Waals surface area contributed by atoms with Crippen molar-refractivity contribution in [3.8, 4) is 11.5 Å². The quantitative estimate of drug-likeness (QED) is 0.707. The Bertz CT molecular complexity index is 653. The molecule has 108 valence electrons. The fourth-order valence-electron chi connectivity index (χ4n) is 3.70. The Morgan fingerprint density at radius 1 is 1.00 bits per heavy atom. The lowest BCUT2D eigenvalue weighted by Gasteiger charge is -2.17. The zero-order chi connectivity index (χ0) is 14.6. The number of hydrogen-bond donors (Lipinski definition) is 0. The van der Waals surface area contributed by atoms with Gasteiger partial charge in [-0.15, -0.1) is 0 Å². The highest BCUT2D eigenvalue weighted by Gasteiger charge is 2.38. The Hall–Kier alpha value is -1.51. The summed E-state index contributed by atoms with van der Waals surface area (Å²) >= 11 is 6.22. The third kappa shape index (κ3) is 2.14. The molecule has 2 aliphatic rings. The molecule has 0 N–H and O–H groups in total. The van der Waals surface area contributed by atoms with E-state index < -0.39 is 0 Å². The third-order valence-corrected chi connectivity index (χ3v) is 4.89. The molecular formula is C18H18ClNO. The first kappa shape index (κ1) is 13.2. The molecule has 2 nitrogen and oxygen atoms in total. The molecule has 0 unspecified atom stereocenters. The zero-order valence-corrected chi connectivity index (χ0v) is 13.0. The highest BCUT2D eigenvalue weighted by Crippen LogP contribution is 2.50. The summed E-state index contributed by atoms with van der Waals surface area (Å²) in [5.74, 6) is 2.87. The SMILES string of the molecule is Cc1ccc2c(c1)[C@@H]1CN(C)C[C@H]1c1cc(Cl)ccc1O2. The predicted molar refractivity (Wildman–Crippen MR) is 85.7 cm³/mol. The van der Waals surface area contributed by atoms with E-state index in [4.69, 9.17) is 16.3 Å². The van der Waals surface area contributed by atoms with Crippen LogP contribution in [0.5, 0.6) is 11.5 Å². The number of halogens is 1. The largest absolute Gasteiger partial charge is 0.457 e. The summed E-state index contributed by atoms with van der Waals surface area (Å²) in [6, 6.07) is 12.5. The van der Waals surface area contributed by atoms with Crippen molar-refractivity contribution in [2.75, 3.05) is 20.1 Å². The summed E-state index contributed by atoms with van der Waals surface area (Å²) in [5, 5.41) is 0.785. The van der Waals surface area contributed by atoms with E-state index in [1.807, 2.05) is 12.1 Å². The molecule has 0 amide bonds. The number of fused-ring (bicyclic) bond motifs is 5. The Balaban J connectivity index is 1.93. The molecule has 4 rings (SSSR count). The van der Waals surface area contributed by atoms with Crippen molar-refractivity contribution in [2.24, 2.45) is 0 Å². The van der Waals surface area contributed by atoms with Crippen LogP contribution in [0.15, 0.2) is 36.4 Å². The van der Waals surface area contributed by atoms with Crippen LogP contribution in [0.2, 0.25) is 5.02 Å². The van der Waals surface area contributed by atoms with Crippen molar-refractivity contribution in [3.63, 3.8) is 0 Å². The molecule has 3 heteroatoms. The van der Waals surface area contributed by atoms with Crippen molar-refractivity contribution in [1.82, 2.24) is 4.90 Å². The molecule has 2 heterocycles. The van der Waals surface area contributed by atoms with Gasteiger partial charge >= 0.3 is 0 Å². The molecular weight excluding hydrogens is 282 g/mol. The second-order valence-corrected chi connectivity index (χ2v) is 6.70. The minimum Gasteiger partial charge on any atom is -0.457 e. The Morgan fingerprint density at radius 3 is 2.33 bits per heavy atom. The zero-order valence-electron chi connectivity index (χ0n) is 12.3. The van der Waals surface area contributed by atoms with E-state index in [-0.39, 0.29) is 0 Å². The van der Waals surface area contributed by atoms with E-state index in [0.29, 0.717) is 11.8 Å². The van der Waals surface area contributed by atoms with Crippen LogP contribution in [0.4, 0.5) is 0 Å². The van der Waals surface area contributed by atoms with Gasteiger partial charge in [-0.2, -0.15) is 0 Å². The van der Waals surface area contributed by atoms with Gasteiger partial charge in [0.25, 0.3) is 0 Å². The number of likely N-dealkylation sites (N-methyl/N-ethyl adjacent to an activating group) is 1. The summed E-state index contributed by atoms with van der Waals surface area (Å²) in [6.07, 6.45) is 0. The van der Waals surface area contributed by atoms with Gasteiger partial charge in [-0.25, -0.2) is 0 Å². The van der Waals surface area contributed by atoms with E-state index in [1.54, 1.807) is 0 Å². The fourth-order valence-corrected chi connectivity index (χ4v) is 3.88. The Morgan fingerprint density at radius 2 is 1.62 bits per heavy atom. The number of benzene rings is 2. The molecule has 1 fully saturated rings. The number of aryl methyl sites for hydroxylation is 1. The third-order valence-electron chi connectivity index (χ3n) is 4.66. The molecule has 0 radical (unpaired) electrons. The second kappa shape index (κ2) is 4.75. The average molecular weight is 300 g/mol. The van der Waals surface area contributed by atoms with Crippen LogP contribution in [-0.4, -0.2) is 25.0 Å². The Kier molecular flexibility index (Phi) is 2.98. The molecule has 2 atom stereocenters. The van der Waals surface area contributed by atoms with Crippen LogP contribution >= 0.6 is 11.6 Å². The topological polar surface area (TPSA) is 12.5 Å². The first-order valence-electron chi connectivity index (χ1n) is 7.38. The van der Waals surface area contributed by atoms with Crippen LogP contribution in [0.25, 0.3) is 0 Å². The molecule has 2 aromatic carbocycles. The maximum Gasteiger partial charge on any atom is 0.131 e. The lowest BCUT2D eigenvalue weighted by molar-refractivity contribution is 0.401. The van der Waals surface area contributed by atoms with Crippen LogP contribution in [0.3, 0.4) is 0 Å². The van der Waals surface area contributed by atoms with Crippen molar-refractivity contribution in [3.05, 3.63) is 58.1 Å². The van der Waals surface area contributed by atoms with Crippen LogP contribution < -0.4 is 4.74 Å². The first-order valence-corrected chi connectivity index (χ1v) is 7.76. The van der Waals surface area contributed by atoms with Gasteiger partial charge < -0.3 is 9.64 Å². The van der Waals surface area contributed by atoms with Crippen molar-refractivity contribution < 1.29 is 4.74 Å². The first-order chi connectivity index (χ1) is 10.1. The van der Waals surface area contributed by atoms with Crippen LogP contribution in [-0.2, 0) is 0 Å². The van der Waals surface area contributed by atoms with Gasteiger partial charge in [0.1, 0.15) is 11.5 Å². The van der Waals surface area contributed by atoms with Crippen LogP contribution in [0, 0.1) is 6.92 Å². The van der Waals surface area contributed by atoms with Gasteiger partial charge in [0.2, 0.25) is 0 Å². The summed E-state index contributed by atoms with van der Waals surface area (Å²) < 4.78 is 6.21. The molecule has 2 aliphatic heterocycles. The van der Waals surface area contributed by atoms with E-state index in [9.17, 15) is 0 Å². The monoisotopic (exact) mass is 299 g/mol. The molecule has 0 saturated carbocycles. The van der Waals surface area contributed by atoms with Crippen molar-refractivity contribution in [2.45, 2.75) is 18.8 Å². The molecule has 2 aromatic rings. The van der Waals surface area contributed by atoms with E-state index >= 15 is 0 Å². The fraction of sp³-hybridized carbons (Fsp3) is 0.333. The van der Waals surface area contributed by atoms with Crippen molar-refractivity contribution in [1.29, 1.82) is 0 Å². The highest BCUT2D eigenvalue weighted by molar-refractivity contribution is 6.30. The summed E-state index contributed by atoms with van der Waals surface area (Å²) in [5.41, 5.74) is 3.86. The number of nitrogens with zero attached hydrogens (tertiary/aromatic N) is 1. The summed E-state index contributed by atoms with van der Waals surface area (Å²) in [7, 11) is 2.19. The molecule has 0 aromatic heterocycles. The van der Waals surface area contributed by atoms with Gasteiger partial charge in [-0.05, 0) is 38.2 Å². The second-order valence-electron chi connectivity index (χ2n) is 6.26. The molecule has 0 bridgehead atoms. The van der Waals surface area contributed by atoms with Gasteiger partial charge in [0.05, 0.1) is 0 Å². The molecule has 0 spiro atoms. The minimum absolute atomic E-state index is 0.451. The van der Waals surface area contributed by atoms with E-state index in [2.05, 4.69) is 43.1 Å². The average Bonchev–Trinajstić information content (AvgIpc) is 2.79. The highest BCUT2D eigenvalue weighted by atomic mass is 35.5. The lowest BCUT2D eigenvalue weighted by atomic mass is 9.84. The van der Waals surface area contributed by atoms with Crippen LogP contribution in [0.1, 0.15) is 28.5 Å². The number of likely N-dealkylation sites (tertiary alicyclic amines) is 1. The van der Waals surface area contributed by atoms with E-state index in [1.165, 1.54) is 16.7 Å². The van der Waals surface area contributed by atoms with E-state index in [0.717, 1.165) is 29.6 Å². The van der Waals surface area contributed by atoms with Crippen molar-refractivity contribution >= 4 is 11.6 Å². The smallest absolute Gasteiger partial charge is 0.131 e. The lowest BCUT2D eigenvalue weighted by Crippen LogP contribution is -2.14. The standard InChI is InChI=1S/C18H18ClNO/c1-11-3-5-17-13(7-11)15-9-20(2)10-16(15)14-8-12(19)4-6-18(14)21-17/h3-8,15-16H,9-10H2,1-2H3/t15-,16-/m0/s1. The normalized spacial score (nSPS) is 23.8. The molecule has 21 heavy (non-hydrogen) atoms. The van der Waals surface area contributed by atoms with Gasteiger partial charge in [0, 0.05) is 41.1 Å². The minimum atomic E-state index is 0.451. The van der Waals surface area contributed by atoms with Gasteiger partial charge in [-0.1, -0.05) is 29.3 Å². The molecule has 1 saturated heterocycles. The van der Waals surface area contributed by atoms with Gasteiger partial charge in [0.15, 0.2) is 0 Å². The number of hydrogen-bond acceptors (Lipinski definition) is 2. The van der Waals surface area contributed by atoms with Gasteiger partial charge in [-0.3, -0.25) is 0 Å². The molecule has 0 aliphatic carbocycles. The maximum atomic E-state index is 6.22. The number of ether oxygens (including phenoxy) is 1.